The van der Waals surface area contributed by atoms with Gasteiger partial charge in [0.05, 0.1) is 43.5 Å². The summed E-state index contributed by atoms with van der Waals surface area (Å²) in [7, 11) is 3.30. The highest BCUT2D eigenvalue weighted by Crippen LogP contribution is 2.33. The molecular formula is C23H23FN6O4. The Morgan fingerprint density at radius 2 is 2.18 bits per heavy atom. The van der Waals surface area contributed by atoms with Crippen LogP contribution in [0.4, 0.5) is 4.39 Å². The highest BCUT2D eigenvalue weighted by atomic mass is 19.1. The van der Waals surface area contributed by atoms with Crippen LogP contribution in [0.5, 0.6) is 5.88 Å². The van der Waals surface area contributed by atoms with Crippen molar-refractivity contribution in [3.63, 3.8) is 0 Å². The number of carbonyl (C=O) groups is 1. The van der Waals surface area contributed by atoms with Crippen molar-refractivity contribution in [3.05, 3.63) is 53.7 Å². The number of ether oxygens (including phenoxy) is 2. The Morgan fingerprint density at radius 3 is 2.85 bits per heavy atom. The summed E-state index contributed by atoms with van der Waals surface area (Å²) in [5, 5.41) is 21.1. The number of fused-ring (bicyclic) bond motifs is 1. The van der Waals surface area contributed by atoms with Gasteiger partial charge in [-0.05, 0) is 18.2 Å². The average molecular weight is 466 g/mol. The fourth-order valence-corrected chi connectivity index (χ4v) is 3.96. The van der Waals surface area contributed by atoms with Crippen molar-refractivity contribution >= 4 is 11.6 Å². The van der Waals surface area contributed by atoms with E-state index in [4.69, 9.17) is 9.47 Å². The maximum Gasteiger partial charge on any atom is 0.251 e. The molecule has 3 aromatic heterocycles. The molecule has 1 unspecified atom stereocenters. The summed E-state index contributed by atoms with van der Waals surface area (Å²) in [6.45, 7) is 0.494. The van der Waals surface area contributed by atoms with Crippen molar-refractivity contribution in [2.75, 3.05) is 20.3 Å². The third kappa shape index (κ3) is 3.88. The Morgan fingerprint density at radius 1 is 1.32 bits per heavy atom. The van der Waals surface area contributed by atoms with Crippen molar-refractivity contribution in [2.45, 2.75) is 19.1 Å². The molecule has 0 radical (unpaired) electrons. The van der Waals surface area contributed by atoms with Crippen molar-refractivity contribution in [3.8, 4) is 28.3 Å². The van der Waals surface area contributed by atoms with E-state index in [0.717, 1.165) is 12.0 Å². The second kappa shape index (κ2) is 8.84. The summed E-state index contributed by atoms with van der Waals surface area (Å²) < 4.78 is 30.0. The van der Waals surface area contributed by atoms with E-state index >= 15 is 4.39 Å². The molecule has 0 aliphatic carbocycles. The third-order valence-corrected chi connectivity index (χ3v) is 5.72. The molecule has 1 aromatic carbocycles. The number of nitrogens with zero attached hydrogens (tertiary/aromatic N) is 5. The maximum atomic E-state index is 15.3. The number of hydrogen-bond acceptors (Lipinski definition) is 7. The molecule has 0 bridgehead atoms. The number of carbonyl (C=O) groups excluding carboxylic acids is 1. The zero-order chi connectivity index (χ0) is 23.8. The Hall–Kier alpha value is -3.83. The van der Waals surface area contributed by atoms with E-state index in [0.29, 0.717) is 36.0 Å². The van der Waals surface area contributed by atoms with Gasteiger partial charge in [-0.15, -0.1) is 5.10 Å². The lowest BCUT2D eigenvalue weighted by Gasteiger charge is -2.15. The Bertz CT molecular complexity index is 1380. The van der Waals surface area contributed by atoms with Crippen molar-refractivity contribution < 1.29 is 23.8 Å². The minimum atomic E-state index is -0.651. The summed E-state index contributed by atoms with van der Waals surface area (Å²) in [6, 6.07) is 4.54. The molecule has 2 N–H and O–H groups in total. The van der Waals surface area contributed by atoms with Crippen molar-refractivity contribution in [1.82, 2.24) is 29.7 Å². The minimum Gasteiger partial charge on any atom is -0.470 e. The first-order valence-corrected chi connectivity index (χ1v) is 10.8. The van der Waals surface area contributed by atoms with Gasteiger partial charge in [0.1, 0.15) is 11.9 Å². The molecular weight excluding hydrogens is 443 g/mol. The second-order valence-corrected chi connectivity index (χ2v) is 8.02. The second-order valence-electron chi connectivity index (χ2n) is 8.02. The third-order valence-electron chi connectivity index (χ3n) is 5.72. The van der Waals surface area contributed by atoms with E-state index in [1.54, 1.807) is 16.9 Å². The number of aromatic nitrogens is 5. The van der Waals surface area contributed by atoms with E-state index in [9.17, 15) is 9.90 Å². The van der Waals surface area contributed by atoms with Gasteiger partial charge in [0, 0.05) is 49.0 Å². The highest BCUT2D eigenvalue weighted by Gasteiger charge is 2.24. The van der Waals surface area contributed by atoms with Crippen LogP contribution in [0.1, 0.15) is 22.3 Å². The molecule has 1 fully saturated rings. The largest absolute Gasteiger partial charge is 0.470 e. The van der Waals surface area contributed by atoms with Gasteiger partial charge in [-0.2, -0.15) is 5.10 Å². The lowest BCUT2D eigenvalue weighted by molar-refractivity contribution is 0.0963. The number of nitrogens with one attached hydrogen (secondary N) is 1. The van der Waals surface area contributed by atoms with Crippen LogP contribution in [0.2, 0.25) is 0 Å². The van der Waals surface area contributed by atoms with Crippen LogP contribution in [0.25, 0.3) is 28.0 Å². The van der Waals surface area contributed by atoms with Crippen molar-refractivity contribution in [1.29, 1.82) is 0 Å². The minimum absolute atomic E-state index is 0.00221. The van der Waals surface area contributed by atoms with Crippen LogP contribution >= 0.6 is 0 Å². The van der Waals surface area contributed by atoms with E-state index in [2.05, 4.69) is 20.5 Å². The van der Waals surface area contributed by atoms with Gasteiger partial charge in [-0.3, -0.25) is 9.48 Å². The normalized spacial score (nSPS) is 15.7. The molecule has 4 aromatic rings. The van der Waals surface area contributed by atoms with Gasteiger partial charge in [-0.25, -0.2) is 13.9 Å². The molecule has 176 valence electrons. The fourth-order valence-electron chi connectivity index (χ4n) is 3.96. The molecule has 0 spiro atoms. The summed E-state index contributed by atoms with van der Waals surface area (Å²) in [4.78, 5) is 16.7. The zero-order valence-corrected chi connectivity index (χ0v) is 18.7. The first-order chi connectivity index (χ1) is 16.5. The molecule has 1 amide bonds. The van der Waals surface area contributed by atoms with Crippen LogP contribution in [0, 0.1) is 5.82 Å². The Labute approximate surface area is 193 Å². The van der Waals surface area contributed by atoms with Crippen LogP contribution < -0.4 is 10.1 Å². The van der Waals surface area contributed by atoms with E-state index in [1.807, 2.05) is 13.2 Å². The standard InChI is InChI=1S/C23H23FN6O4/c1-25-22(32)13-5-14(11-31)21(24)18(6-13)19-9-26-20-7-17(15-8-27-29(2)10-15)23(28-30(19)20)34-16-3-4-33-12-16/h5-10,16,31H,3-4,11-12H2,1-2H3,(H,25,32). The lowest BCUT2D eigenvalue weighted by Crippen LogP contribution is -2.19. The van der Waals surface area contributed by atoms with Gasteiger partial charge in [0.15, 0.2) is 5.65 Å². The number of halogens is 1. The Kier molecular flexibility index (Phi) is 5.72. The molecule has 1 saturated heterocycles. The van der Waals surface area contributed by atoms with Gasteiger partial charge >= 0.3 is 0 Å². The molecule has 11 heteroatoms. The van der Waals surface area contributed by atoms with Crippen LogP contribution in [-0.2, 0) is 18.4 Å². The van der Waals surface area contributed by atoms with E-state index < -0.39 is 18.3 Å². The first kappa shape index (κ1) is 22.0. The smallest absolute Gasteiger partial charge is 0.251 e. The number of aliphatic hydroxyl groups is 1. The Balaban J connectivity index is 1.69. The monoisotopic (exact) mass is 466 g/mol. The number of rotatable bonds is 6. The van der Waals surface area contributed by atoms with Gasteiger partial charge < -0.3 is 19.9 Å². The lowest BCUT2D eigenvalue weighted by atomic mass is 10.0. The highest BCUT2D eigenvalue weighted by molar-refractivity contribution is 5.95. The van der Waals surface area contributed by atoms with Crippen LogP contribution in [0.3, 0.4) is 0 Å². The predicted molar refractivity (Wildman–Crippen MR) is 120 cm³/mol. The number of aliphatic hydroxyl groups excluding tert-OH is 1. The molecule has 4 heterocycles. The van der Waals surface area contributed by atoms with Gasteiger partial charge in [0.25, 0.3) is 5.91 Å². The maximum absolute atomic E-state index is 15.3. The first-order valence-electron chi connectivity index (χ1n) is 10.8. The topological polar surface area (TPSA) is 116 Å². The number of hydrogen-bond donors (Lipinski definition) is 2. The molecule has 34 heavy (non-hydrogen) atoms. The molecule has 1 aliphatic rings. The molecule has 1 atom stereocenters. The summed E-state index contributed by atoms with van der Waals surface area (Å²) in [5.74, 6) is -0.718. The SMILES string of the molecule is CNC(=O)c1cc(CO)c(F)c(-c2cnc3cc(-c4cnn(C)c4)c(OC4CCOC4)nn23)c1. The van der Waals surface area contributed by atoms with Crippen LogP contribution in [0.15, 0.2) is 36.8 Å². The molecule has 10 nitrogen and oxygen atoms in total. The summed E-state index contributed by atoms with van der Waals surface area (Å²) in [6.07, 6.45) is 5.59. The predicted octanol–water partition coefficient (Wildman–Crippen LogP) is 1.96. The average Bonchev–Trinajstić information content (AvgIpc) is 3.60. The van der Waals surface area contributed by atoms with Gasteiger partial charge in [-0.1, -0.05) is 0 Å². The fraction of sp³-hybridized carbons (Fsp3) is 0.304. The number of imidazole rings is 1. The molecule has 5 rings (SSSR count). The zero-order valence-electron chi connectivity index (χ0n) is 18.7. The molecule has 1 aliphatic heterocycles. The summed E-state index contributed by atoms with van der Waals surface area (Å²) >= 11 is 0. The van der Waals surface area contributed by atoms with Crippen LogP contribution in [-0.4, -0.2) is 61.8 Å². The molecule has 0 saturated carbocycles. The summed E-state index contributed by atoms with van der Waals surface area (Å²) in [5.41, 5.74) is 2.57. The number of aryl methyl sites for hydroxylation is 1. The number of benzene rings is 1. The van der Waals surface area contributed by atoms with Crippen molar-refractivity contribution in [2.24, 2.45) is 7.05 Å². The quantitative estimate of drug-likeness (QED) is 0.446. The number of amides is 1. The van der Waals surface area contributed by atoms with E-state index in [-0.39, 0.29) is 22.8 Å². The van der Waals surface area contributed by atoms with E-state index in [1.165, 1.54) is 29.9 Å². The van der Waals surface area contributed by atoms with Gasteiger partial charge in [0.2, 0.25) is 5.88 Å².